The van der Waals surface area contributed by atoms with Crippen molar-refractivity contribution >= 4 is 5.91 Å². The minimum Gasteiger partial charge on any atom is -0.492 e. The maximum Gasteiger partial charge on any atom is 0.255 e. The Morgan fingerprint density at radius 3 is 2.84 bits per heavy atom. The molecule has 25 heavy (non-hydrogen) atoms. The van der Waals surface area contributed by atoms with E-state index in [2.05, 4.69) is 9.97 Å². The predicted molar refractivity (Wildman–Crippen MR) is 95.0 cm³/mol. The van der Waals surface area contributed by atoms with Gasteiger partial charge in [-0.25, -0.2) is 9.97 Å². The Morgan fingerprint density at radius 1 is 1.28 bits per heavy atom. The number of likely N-dealkylation sites (N-methyl/N-ethyl adjacent to an activating group) is 1. The first-order chi connectivity index (χ1) is 12.1. The van der Waals surface area contributed by atoms with E-state index in [1.54, 1.807) is 53.6 Å². The molecular formula is C19H20N4O2. The molecule has 0 aliphatic rings. The molecule has 0 fully saturated rings. The zero-order chi connectivity index (χ0) is 17.6. The number of pyridine rings is 1. The fourth-order valence-electron chi connectivity index (χ4n) is 2.39. The Morgan fingerprint density at radius 2 is 2.16 bits per heavy atom. The molecule has 0 aliphatic carbocycles. The number of hydrogen-bond donors (Lipinski definition) is 0. The molecule has 128 valence electrons. The number of amides is 1. The number of carbonyl (C=O) groups is 1. The summed E-state index contributed by atoms with van der Waals surface area (Å²) in [5.74, 6) is 1.45. The van der Waals surface area contributed by atoms with Crippen LogP contribution >= 0.6 is 0 Å². The van der Waals surface area contributed by atoms with E-state index in [1.807, 2.05) is 31.2 Å². The molecule has 0 atom stereocenters. The molecule has 0 saturated heterocycles. The average Bonchev–Trinajstić information content (AvgIpc) is 3.16. The SMILES string of the molecule is Cc1cccc(OCCN(C)C(=O)c2ccc(-n3ccnc3)nc2)c1. The molecule has 3 rings (SSSR count). The van der Waals surface area contributed by atoms with Crippen molar-refractivity contribution in [3.05, 3.63) is 72.4 Å². The van der Waals surface area contributed by atoms with Gasteiger partial charge in [-0.1, -0.05) is 12.1 Å². The number of benzene rings is 1. The first kappa shape index (κ1) is 16.7. The fourth-order valence-corrected chi connectivity index (χ4v) is 2.39. The van der Waals surface area contributed by atoms with Crippen LogP contribution in [-0.2, 0) is 0 Å². The van der Waals surface area contributed by atoms with Crippen LogP contribution in [0, 0.1) is 6.92 Å². The van der Waals surface area contributed by atoms with Crippen molar-refractivity contribution in [2.24, 2.45) is 0 Å². The lowest BCUT2D eigenvalue weighted by Crippen LogP contribution is -2.31. The topological polar surface area (TPSA) is 60.2 Å². The van der Waals surface area contributed by atoms with Crippen LogP contribution in [0.1, 0.15) is 15.9 Å². The molecular weight excluding hydrogens is 316 g/mol. The summed E-state index contributed by atoms with van der Waals surface area (Å²) in [4.78, 5) is 22.4. The summed E-state index contributed by atoms with van der Waals surface area (Å²) in [5, 5.41) is 0. The van der Waals surface area contributed by atoms with E-state index in [0.717, 1.165) is 17.1 Å². The number of aromatic nitrogens is 3. The van der Waals surface area contributed by atoms with Gasteiger partial charge in [0.25, 0.3) is 5.91 Å². The zero-order valence-electron chi connectivity index (χ0n) is 14.3. The smallest absolute Gasteiger partial charge is 0.255 e. The number of nitrogens with zero attached hydrogens (tertiary/aromatic N) is 4. The van der Waals surface area contributed by atoms with E-state index in [0.29, 0.717) is 18.7 Å². The highest BCUT2D eigenvalue weighted by molar-refractivity contribution is 5.93. The third-order valence-electron chi connectivity index (χ3n) is 3.80. The van der Waals surface area contributed by atoms with Crippen molar-refractivity contribution < 1.29 is 9.53 Å². The van der Waals surface area contributed by atoms with Crippen molar-refractivity contribution in [3.63, 3.8) is 0 Å². The Hall–Kier alpha value is -3.15. The molecule has 1 aromatic carbocycles. The minimum absolute atomic E-state index is 0.0856. The van der Waals surface area contributed by atoms with Crippen molar-refractivity contribution in [3.8, 4) is 11.6 Å². The lowest BCUT2D eigenvalue weighted by Gasteiger charge is -2.17. The Balaban J connectivity index is 1.55. The van der Waals surface area contributed by atoms with Gasteiger partial charge in [0, 0.05) is 25.6 Å². The Bertz CT molecular complexity index is 829. The van der Waals surface area contributed by atoms with Crippen LogP contribution in [0.15, 0.2) is 61.3 Å². The van der Waals surface area contributed by atoms with Crippen LogP contribution in [0.4, 0.5) is 0 Å². The number of carbonyl (C=O) groups excluding carboxylic acids is 1. The zero-order valence-corrected chi connectivity index (χ0v) is 14.3. The quantitative estimate of drug-likeness (QED) is 0.694. The Labute approximate surface area is 146 Å². The van der Waals surface area contributed by atoms with Crippen LogP contribution in [0.3, 0.4) is 0 Å². The predicted octanol–water partition coefficient (Wildman–Crippen LogP) is 2.73. The first-order valence-corrected chi connectivity index (χ1v) is 8.03. The second-order valence-electron chi connectivity index (χ2n) is 5.77. The molecule has 6 heteroatoms. The van der Waals surface area contributed by atoms with E-state index < -0.39 is 0 Å². The van der Waals surface area contributed by atoms with E-state index in [9.17, 15) is 4.79 Å². The van der Waals surface area contributed by atoms with Gasteiger partial charge in [0.1, 0.15) is 24.5 Å². The molecule has 3 aromatic rings. The van der Waals surface area contributed by atoms with Crippen LogP contribution in [-0.4, -0.2) is 45.5 Å². The molecule has 0 spiro atoms. The molecule has 0 aliphatic heterocycles. The summed E-state index contributed by atoms with van der Waals surface area (Å²) in [6.45, 7) is 2.95. The maximum atomic E-state index is 12.5. The van der Waals surface area contributed by atoms with Crippen molar-refractivity contribution in [1.29, 1.82) is 0 Å². The van der Waals surface area contributed by atoms with E-state index in [1.165, 1.54) is 0 Å². The van der Waals surface area contributed by atoms with Crippen molar-refractivity contribution in [2.45, 2.75) is 6.92 Å². The summed E-state index contributed by atoms with van der Waals surface area (Å²) < 4.78 is 7.48. The van der Waals surface area contributed by atoms with Gasteiger partial charge < -0.3 is 9.64 Å². The van der Waals surface area contributed by atoms with Gasteiger partial charge in [-0.3, -0.25) is 9.36 Å². The molecule has 0 bridgehead atoms. The van der Waals surface area contributed by atoms with Gasteiger partial charge in [-0.2, -0.15) is 0 Å². The third-order valence-corrected chi connectivity index (χ3v) is 3.80. The van der Waals surface area contributed by atoms with Gasteiger partial charge in [0.15, 0.2) is 0 Å². The molecule has 0 saturated carbocycles. The van der Waals surface area contributed by atoms with Crippen LogP contribution in [0.25, 0.3) is 5.82 Å². The number of hydrogen-bond acceptors (Lipinski definition) is 4. The fraction of sp³-hybridized carbons (Fsp3) is 0.211. The highest BCUT2D eigenvalue weighted by atomic mass is 16.5. The number of aryl methyl sites for hydroxylation is 1. The number of rotatable bonds is 6. The molecule has 2 heterocycles. The third kappa shape index (κ3) is 4.23. The molecule has 2 aromatic heterocycles. The van der Waals surface area contributed by atoms with Crippen LogP contribution < -0.4 is 4.74 Å². The van der Waals surface area contributed by atoms with Crippen LogP contribution in [0.5, 0.6) is 5.75 Å². The molecule has 0 radical (unpaired) electrons. The summed E-state index contributed by atoms with van der Waals surface area (Å²) in [5.41, 5.74) is 1.69. The van der Waals surface area contributed by atoms with Gasteiger partial charge in [-0.05, 0) is 36.8 Å². The molecule has 1 amide bonds. The minimum atomic E-state index is -0.0856. The van der Waals surface area contributed by atoms with Gasteiger partial charge in [0.2, 0.25) is 0 Å². The highest BCUT2D eigenvalue weighted by Gasteiger charge is 2.12. The lowest BCUT2D eigenvalue weighted by molar-refractivity contribution is 0.0773. The number of ether oxygens (including phenoxy) is 1. The second kappa shape index (κ2) is 7.61. The number of imidazole rings is 1. The van der Waals surface area contributed by atoms with Crippen LogP contribution in [0.2, 0.25) is 0 Å². The summed E-state index contributed by atoms with van der Waals surface area (Å²) in [7, 11) is 1.76. The van der Waals surface area contributed by atoms with Gasteiger partial charge in [0.05, 0.1) is 12.1 Å². The first-order valence-electron chi connectivity index (χ1n) is 8.03. The van der Waals surface area contributed by atoms with Gasteiger partial charge >= 0.3 is 0 Å². The summed E-state index contributed by atoms with van der Waals surface area (Å²) in [6, 6.07) is 11.4. The average molecular weight is 336 g/mol. The second-order valence-corrected chi connectivity index (χ2v) is 5.77. The summed E-state index contributed by atoms with van der Waals surface area (Å²) >= 11 is 0. The van der Waals surface area contributed by atoms with E-state index in [-0.39, 0.29) is 5.91 Å². The molecule has 6 nitrogen and oxygen atoms in total. The Kier molecular flexibility index (Phi) is 5.09. The van der Waals surface area contributed by atoms with Gasteiger partial charge in [-0.15, -0.1) is 0 Å². The largest absolute Gasteiger partial charge is 0.492 e. The normalized spacial score (nSPS) is 10.5. The van der Waals surface area contributed by atoms with E-state index >= 15 is 0 Å². The van der Waals surface area contributed by atoms with Crippen molar-refractivity contribution in [1.82, 2.24) is 19.4 Å². The molecule has 0 N–H and O–H groups in total. The maximum absolute atomic E-state index is 12.5. The lowest BCUT2D eigenvalue weighted by atomic mass is 10.2. The van der Waals surface area contributed by atoms with E-state index in [4.69, 9.17) is 4.74 Å². The summed E-state index contributed by atoms with van der Waals surface area (Å²) in [6.07, 6.45) is 6.73. The highest BCUT2D eigenvalue weighted by Crippen LogP contribution is 2.12. The standard InChI is InChI=1S/C19H20N4O2/c1-15-4-3-5-17(12-15)25-11-10-22(2)19(24)16-6-7-18(21-13-16)23-9-8-20-14-23/h3-9,12-14H,10-11H2,1-2H3. The van der Waals surface area contributed by atoms with Crippen molar-refractivity contribution in [2.75, 3.05) is 20.2 Å². The molecule has 0 unspecified atom stereocenters. The monoisotopic (exact) mass is 336 g/mol.